The van der Waals surface area contributed by atoms with Crippen molar-refractivity contribution in [1.29, 1.82) is 0 Å². The normalized spacial score (nSPS) is 18.5. The van der Waals surface area contributed by atoms with Crippen LogP contribution in [0.1, 0.15) is 33.2 Å². The van der Waals surface area contributed by atoms with Gasteiger partial charge in [-0.25, -0.2) is 9.48 Å². The van der Waals surface area contributed by atoms with E-state index in [2.05, 4.69) is 5.10 Å². The molecular formula is C12H15F3N4O4. The van der Waals surface area contributed by atoms with Crippen molar-refractivity contribution in [2.24, 2.45) is 0 Å². The van der Waals surface area contributed by atoms with Crippen LogP contribution in [0.25, 0.3) is 0 Å². The Kier molecular flexibility index (Phi) is 3.99. The van der Waals surface area contributed by atoms with Gasteiger partial charge >= 0.3 is 18.0 Å². The van der Waals surface area contributed by atoms with Gasteiger partial charge in [-0.1, -0.05) is 0 Å². The zero-order valence-corrected chi connectivity index (χ0v) is 12.6. The van der Waals surface area contributed by atoms with E-state index in [-0.39, 0.29) is 6.54 Å². The Morgan fingerprint density at radius 1 is 1.43 bits per heavy atom. The Morgan fingerprint density at radius 3 is 2.52 bits per heavy atom. The first-order chi connectivity index (χ1) is 10.4. The fourth-order valence-electron chi connectivity index (χ4n) is 2.24. The van der Waals surface area contributed by atoms with Gasteiger partial charge in [0.25, 0.3) is 0 Å². The highest BCUT2D eigenvalue weighted by Crippen LogP contribution is 2.42. The summed E-state index contributed by atoms with van der Waals surface area (Å²) < 4.78 is 44.8. The topological polar surface area (TPSA) is 90.5 Å². The second-order valence-electron chi connectivity index (χ2n) is 6.03. The van der Waals surface area contributed by atoms with Gasteiger partial charge in [-0.3, -0.25) is 15.0 Å². The number of rotatable bonds is 1. The van der Waals surface area contributed by atoms with Crippen molar-refractivity contribution in [1.82, 2.24) is 9.78 Å². The number of alkyl halides is 3. The van der Waals surface area contributed by atoms with Gasteiger partial charge in [0.1, 0.15) is 11.8 Å². The molecule has 0 radical (unpaired) electrons. The van der Waals surface area contributed by atoms with Gasteiger partial charge < -0.3 is 4.74 Å². The highest BCUT2D eigenvalue weighted by Gasteiger charge is 2.49. The zero-order valence-electron chi connectivity index (χ0n) is 12.6. The van der Waals surface area contributed by atoms with Crippen LogP contribution in [0, 0.1) is 10.1 Å². The molecule has 11 heteroatoms. The first kappa shape index (κ1) is 17.0. The maximum absolute atomic E-state index is 13.1. The van der Waals surface area contributed by atoms with Crippen molar-refractivity contribution >= 4 is 17.6 Å². The number of anilines is 1. The van der Waals surface area contributed by atoms with Crippen molar-refractivity contribution in [3.8, 4) is 0 Å². The number of fused-ring (bicyclic) bond motifs is 1. The lowest BCUT2D eigenvalue weighted by molar-refractivity contribution is -0.384. The predicted octanol–water partition coefficient (Wildman–Crippen LogP) is 3.04. The monoisotopic (exact) mass is 336 g/mol. The lowest BCUT2D eigenvalue weighted by atomic mass is 10.1. The molecule has 1 aliphatic heterocycles. The maximum Gasteiger partial charge on any atom is 0.416 e. The third kappa shape index (κ3) is 3.37. The summed E-state index contributed by atoms with van der Waals surface area (Å²) in [6.45, 7) is 4.39. The first-order valence-electron chi connectivity index (χ1n) is 6.71. The van der Waals surface area contributed by atoms with E-state index >= 15 is 0 Å². The summed E-state index contributed by atoms with van der Waals surface area (Å²) in [6.07, 6.45) is -5.34. The molecule has 1 aromatic heterocycles. The minimum atomic E-state index is -4.63. The molecule has 1 amide bonds. The smallest absolute Gasteiger partial charge is 0.416 e. The highest BCUT2D eigenvalue weighted by molar-refractivity contribution is 5.89. The number of aromatic nitrogens is 2. The second-order valence-corrected chi connectivity index (χ2v) is 6.03. The molecule has 0 fully saturated rings. The molecule has 1 unspecified atom stereocenters. The summed E-state index contributed by atoms with van der Waals surface area (Å²) >= 11 is 0. The molecule has 2 heterocycles. The van der Waals surface area contributed by atoms with E-state index in [0.717, 1.165) is 4.90 Å². The molecule has 128 valence electrons. The fourth-order valence-corrected chi connectivity index (χ4v) is 2.24. The standard InChI is InChI=1S/C12H15F3N4O4/c1-11(2,3)23-10(20)17-5-4-8(12(13,14)15)18-9(17)7(6-16-18)19(21)22/h6,8H,4-5H2,1-3H3. The van der Waals surface area contributed by atoms with Gasteiger partial charge in [0.2, 0.25) is 5.82 Å². The van der Waals surface area contributed by atoms with Crippen molar-refractivity contribution < 1.29 is 27.6 Å². The largest absolute Gasteiger partial charge is 0.443 e. The third-order valence-electron chi connectivity index (χ3n) is 3.12. The Bertz CT molecular complexity index is 635. The van der Waals surface area contributed by atoms with Crippen LogP contribution in [0.2, 0.25) is 0 Å². The van der Waals surface area contributed by atoms with E-state index in [9.17, 15) is 28.1 Å². The average Bonchev–Trinajstić information content (AvgIpc) is 2.78. The number of hydrogen-bond acceptors (Lipinski definition) is 5. The fraction of sp³-hybridized carbons (Fsp3) is 0.667. The number of nitro groups is 1. The molecule has 0 aromatic carbocycles. The molecular weight excluding hydrogens is 321 g/mol. The molecule has 2 rings (SSSR count). The van der Waals surface area contributed by atoms with Crippen LogP contribution in [-0.2, 0) is 4.74 Å². The summed E-state index contributed by atoms with van der Waals surface area (Å²) in [5.74, 6) is -0.516. The highest BCUT2D eigenvalue weighted by atomic mass is 19.4. The quantitative estimate of drug-likeness (QED) is 0.581. The minimum absolute atomic E-state index is 0.356. The maximum atomic E-state index is 13.1. The summed E-state index contributed by atoms with van der Waals surface area (Å²) in [5, 5.41) is 14.5. The van der Waals surface area contributed by atoms with Crippen LogP contribution in [0.4, 0.5) is 29.5 Å². The number of amides is 1. The summed E-state index contributed by atoms with van der Waals surface area (Å²) in [6, 6.07) is -2.02. The molecule has 1 aromatic rings. The van der Waals surface area contributed by atoms with E-state index in [1.165, 1.54) is 0 Å². The molecule has 0 spiro atoms. The van der Waals surface area contributed by atoms with E-state index < -0.39 is 46.8 Å². The van der Waals surface area contributed by atoms with Crippen molar-refractivity contribution in [2.75, 3.05) is 11.4 Å². The molecule has 0 bridgehead atoms. The SMILES string of the molecule is CC(C)(C)OC(=O)N1CCC(C(F)(F)F)n2ncc([N+](=O)[O-])c21. The zero-order chi connectivity index (χ0) is 17.6. The van der Waals surface area contributed by atoms with Crippen LogP contribution in [-0.4, -0.2) is 39.1 Å². The Balaban J connectivity index is 2.48. The van der Waals surface area contributed by atoms with Gasteiger partial charge in [-0.05, 0) is 27.2 Å². The Morgan fingerprint density at radius 2 is 2.04 bits per heavy atom. The number of halogens is 3. The molecule has 0 saturated heterocycles. The van der Waals surface area contributed by atoms with E-state index in [1.807, 2.05) is 0 Å². The number of ether oxygens (including phenoxy) is 1. The number of carbonyl (C=O) groups excluding carboxylic acids is 1. The van der Waals surface area contributed by atoms with Gasteiger partial charge in [0.05, 0.1) is 4.92 Å². The Hall–Kier alpha value is -2.33. The van der Waals surface area contributed by atoms with Crippen LogP contribution in [0.3, 0.4) is 0 Å². The molecule has 23 heavy (non-hydrogen) atoms. The second kappa shape index (κ2) is 5.39. The molecule has 8 nitrogen and oxygen atoms in total. The number of hydrogen-bond donors (Lipinski definition) is 0. The molecule has 0 N–H and O–H groups in total. The molecule has 1 aliphatic rings. The van der Waals surface area contributed by atoms with Crippen molar-refractivity contribution in [2.45, 2.75) is 45.0 Å². The summed E-state index contributed by atoms with van der Waals surface area (Å²) in [4.78, 5) is 23.1. The van der Waals surface area contributed by atoms with Gasteiger partial charge in [0, 0.05) is 6.54 Å². The van der Waals surface area contributed by atoms with E-state index in [1.54, 1.807) is 20.8 Å². The molecule has 0 aliphatic carbocycles. The molecule has 1 atom stereocenters. The third-order valence-corrected chi connectivity index (χ3v) is 3.12. The van der Waals surface area contributed by atoms with Gasteiger partial charge in [0.15, 0.2) is 6.04 Å². The Labute approximate surface area is 129 Å². The van der Waals surface area contributed by atoms with E-state index in [4.69, 9.17) is 4.74 Å². The minimum Gasteiger partial charge on any atom is -0.443 e. The van der Waals surface area contributed by atoms with Gasteiger partial charge in [-0.15, -0.1) is 0 Å². The van der Waals surface area contributed by atoms with Crippen LogP contribution >= 0.6 is 0 Å². The molecule has 0 saturated carbocycles. The summed E-state index contributed by atoms with van der Waals surface area (Å²) in [7, 11) is 0. The van der Waals surface area contributed by atoms with Crippen molar-refractivity contribution in [3.05, 3.63) is 16.3 Å². The van der Waals surface area contributed by atoms with Crippen LogP contribution in [0.5, 0.6) is 0 Å². The van der Waals surface area contributed by atoms with E-state index in [0.29, 0.717) is 10.9 Å². The summed E-state index contributed by atoms with van der Waals surface area (Å²) in [5.41, 5.74) is -1.57. The van der Waals surface area contributed by atoms with Gasteiger partial charge in [-0.2, -0.15) is 18.3 Å². The van der Waals surface area contributed by atoms with Crippen LogP contribution in [0.15, 0.2) is 6.20 Å². The van der Waals surface area contributed by atoms with Crippen LogP contribution < -0.4 is 4.90 Å². The predicted molar refractivity (Wildman–Crippen MR) is 72.2 cm³/mol. The number of carbonyl (C=O) groups is 1. The first-order valence-corrected chi connectivity index (χ1v) is 6.71. The lowest BCUT2D eigenvalue weighted by Gasteiger charge is -2.34. The average molecular weight is 336 g/mol. The van der Waals surface area contributed by atoms with Crippen molar-refractivity contribution in [3.63, 3.8) is 0 Å². The lowest BCUT2D eigenvalue weighted by Crippen LogP contribution is -2.45. The number of nitrogens with zero attached hydrogens (tertiary/aromatic N) is 4.